The Labute approximate surface area is 128 Å². The summed E-state index contributed by atoms with van der Waals surface area (Å²) in [4.78, 5) is 18.0. The van der Waals surface area contributed by atoms with Gasteiger partial charge in [-0.05, 0) is 26.8 Å². The van der Waals surface area contributed by atoms with E-state index in [1.165, 1.54) is 12.5 Å². The fourth-order valence-corrected chi connectivity index (χ4v) is 2.08. The van der Waals surface area contributed by atoms with Crippen LogP contribution in [0.25, 0.3) is 11.4 Å². The summed E-state index contributed by atoms with van der Waals surface area (Å²) in [6.07, 6.45) is 3.69. The van der Waals surface area contributed by atoms with Crippen LogP contribution in [0.15, 0.2) is 27.5 Å². The number of aromatic nitrogens is 2. The number of hydrogen-bond donors (Lipinski definition) is 1. The third kappa shape index (κ3) is 4.42. The van der Waals surface area contributed by atoms with Gasteiger partial charge < -0.3 is 18.9 Å². The number of nitrogens with zero attached hydrogens (tertiary/aromatic N) is 3. The second-order valence-corrected chi connectivity index (χ2v) is 5.74. The first-order valence-corrected chi connectivity index (χ1v) is 7.24. The van der Waals surface area contributed by atoms with Crippen LogP contribution in [0.1, 0.15) is 33.1 Å². The van der Waals surface area contributed by atoms with Crippen LogP contribution < -0.4 is 0 Å². The monoisotopic (exact) mass is 307 g/mol. The maximum absolute atomic E-state index is 12.2. The number of aliphatic hydroxyl groups is 1. The Balaban J connectivity index is 1.90. The van der Waals surface area contributed by atoms with Crippen molar-refractivity contribution in [2.24, 2.45) is 0 Å². The lowest BCUT2D eigenvalue weighted by Crippen LogP contribution is -2.42. The largest absolute Gasteiger partial charge is 0.472 e. The average molecular weight is 307 g/mol. The lowest BCUT2D eigenvalue weighted by molar-refractivity contribution is -0.134. The molecule has 0 atom stereocenters. The molecule has 0 saturated heterocycles. The number of carbonyl (C=O) groups is 1. The molecule has 1 amide bonds. The predicted molar refractivity (Wildman–Crippen MR) is 78.9 cm³/mol. The van der Waals surface area contributed by atoms with E-state index in [1.807, 2.05) is 6.92 Å². The zero-order valence-corrected chi connectivity index (χ0v) is 13.1. The second-order valence-electron chi connectivity index (χ2n) is 5.74. The van der Waals surface area contributed by atoms with Crippen LogP contribution in [0.5, 0.6) is 0 Å². The van der Waals surface area contributed by atoms with Crippen molar-refractivity contribution in [3.05, 3.63) is 24.5 Å². The fourth-order valence-electron chi connectivity index (χ4n) is 2.08. The summed E-state index contributed by atoms with van der Waals surface area (Å²) in [5, 5.41) is 13.7. The molecule has 0 aliphatic rings. The molecule has 0 fully saturated rings. The number of hydrogen-bond acceptors (Lipinski definition) is 6. The van der Waals surface area contributed by atoms with Crippen LogP contribution in [0.3, 0.4) is 0 Å². The first-order chi connectivity index (χ1) is 10.4. The molecular weight excluding hydrogens is 286 g/mol. The minimum atomic E-state index is -0.912. The molecule has 0 aliphatic heterocycles. The van der Waals surface area contributed by atoms with Crippen LogP contribution in [0, 0.1) is 0 Å². The van der Waals surface area contributed by atoms with Crippen molar-refractivity contribution < 1.29 is 18.8 Å². The Morgan fingerprint density at radius 2 is 2.23 bits per heavy atom. The van der Waals surface area contributed by atoms with E-state index in [4.69, 9.17) is 8.94 Å². The van der Waals surface area contributed by atoms with Crippen molar-refractivity contribution in [3.8, 4) is 11.4 Å². The standard InChI is InChI=1S/C15H21N3O4/c1-4-18(10-15(2,3)20)13(19)6-5-12-16-14(17-22-12)11-7-8-21-9-11/h7-9,20H,4-6,10H2,1-3H3. The molecule has 2 heterocycles. The Morgan fingerprint density at radius 1 is 1.45 bits per heavy atom. The van der Waals surface area contributed by atoms with Crippen molar-refractivity contribution in [2.45, 2.75) is 39.2 Å². The minimum Gasteiger partial charge on any atom is -0.472 e. The van der Waals surface area contributed by atoms with Gasteiger partial charge in [-0.3, -0.25) is 4.79 Å². The van der Waals surface area contributed by atoms with E-state index in [0.717, 1.165) is 5.56 Å². The zero-order valence-electron chi connectivity index (χ0n) is 13.1. The molecule has 0 saturated carbocycles. The number of rotatable bonds is 7. The molecule has 1 N–H and O–H groups in total. The maximum atomic E-state index is 12.2. The van der Waals surface area contributed by atoms with Crippen LogP contribution >= 0.6 is 0 Å². The molecule has 2 aromatic rings. The van der Waals surface area contributed by atoms with Crippen molar-refractivity contribution in [3.63, 3.8) is 0 Å². The SMILES string of the molecule is CCN(CC(C)(C)O)C(=O)CCc1nc(-c2ccoc2)no1. The maximum Gasteiger partial charge on any atom is 0.227 e. The Morgan fingerprint density at radius 3 is 2.82 bits per heavy atom. The van der Waals surface area contributed by atoms with Gasteiger partial charge in [0.05, 0.1) is 17.4 Å². The number of carbonyl (C=O) groups excluding carboxylic acids is 1. The molecule has 7 heteroatoms. The normalized spacial score (nSPS) is 11.6. The van der Waals surface area contributed by atoms with E-state index in [2.05, 4.69) is 10.1 Å². The molecule has 0 bridgehead atoms. The van der Waals surface area contributed by atoms with Crippen molar-refractivity contribution in [1.82, 2.24) is 15.0 Å². The first-order valence-electron chi connectivity index (χ1n) is 7.24. The Kier molecular flexibility index (Phi) is 4.97. The first kappa shape index (κ1) is 16.2. The van der Waals surface area contributed by atoms with Gasteiger partial charge >= 0.3 is 0 Å². The highest BCUT2D eigenvalue weighted by Gasteiger charge is 2.21. The number of aryl methyl sites for hydroxylation is 1. The highest BCUT2D eigenvalue weighted by Crippen LogP contribution is 2.16. The highest BCUT2D eigenvalue weighted by molar-refractivity contribution is 5.76. The summed E-state index contributed by atoms with van der Waals surface area (Å²) in [6, 6.07) is 1.74. The molecule has 22 heavy (non-hydrogen) atoms. The summed E-state index contributed by atoms with van der Waals surface area (Å²) in [6.45, 7) is 6.09. The summed E-state index contributed by atoms with van der Waals surface area (Å²) in [5.41, 5.74) is -0.177. The second kappa shape index (κ2) is 6.74. The van der Waals surface area contributed by atoms with E-state index < -0.39 is 5.60 Å². The van der Waals surface area contributed by atoms with Crippen LogP contribution in [-0.2, 0) is 11.2 Å². The Hall–Kier alpha value is -2.15. The zero-order chi connectivity index (χ0) is 16.2. The lowest BCUT2D eigenvalue weighted by atomic mass is 10.1. The molecule has 0 unspecified atom stereocenters. The Bertz CT molecular complexity index is 599. The fraction of sp³-hybridized carbons (Fsp3) is 0.533. The molecular formula is C15H21N3O4. The average Bonchev–Trinajstić information content (AvgIpc) is 3.11. The van der Waals surface area contributed by atoms with Gasteiger partial charge in [0.15, 0.2) is 0 Å². The van der Waals surface area contributed by atoms with Crippen LogP contribution in [-0.4, -0.2) is 44.7 Å². The molecule has 7 nitrogen and oxygen atoms in total. The number of amides is 1. The van der Waals surface area contributed by atoms with E-state index in [0.29, 0.717) is 31.2 Å². The molecule has 2 aromatic heterocycles. The highest BCUT2D eigenvalue weighted by atomic mass is 16.5. The summed E-state index contributed by atoms with van der Waals surface area (Å²) in [7, 11) is 0. The van der Waals surface area contributed by atoms with Gasteiger partial charge in [0.2, 0.25) is 17.6 Å². The van der Waals surface area contributed by atoms with Gasteiger partial charge in [0.1, 0.15) is 6.26 Å². The van der Waals surface area contributed by atoms with Crippen molar-refractivity contribution in [1.29, 1.82) is 0 Å². The van der Waals surface area contributed by atoms with Crippen molar-refractivity contribution >= 4 is 5.91 Å². The van der Waals surface area contributed by atoms with Gasteiger partial charge in [-0.2, -0.15) is 4.98 Å². The van der Waals surface area contributed by atoms with E-state index in [-0.39, 0.29) is 12.3 Å². The molecule has 2 rings (SSSR count). The molecule has 0 radical (unpaired) electrons. The third-order valence-corrected chi connectivity index (χ3v) is 3.11. The minimum absolute atomic E-state index is 0.0484. The molecule has 0 spiro atoms. The topological polar surface area (TPSA) is 92.6 Å². The predicted octanol–water partition coefficient (Wildman–Crippen LogP) is 1.88. The molecule has 120 valence electrons. The van der Waals surface area contributed by atoms with Crippen molar-refractivity contribution in [2.75, 3.05) is 13.1 Å². The number of furan rings is 1. The van der Waals surface area contributed by atoms with E-state index in [9.17, 15) is 9.90 Å². The van der Waals surface area contributed by atoms with Gasteiger partial charge in [0, 0.05) is 25.9 Å². The van der Waals surface area contributed by atoms with E-state index in [1.54, 1.807) is 24.8 Å². The molecule has 0 aliphatic carbocycles. The third-order valence-electron chi connectivity index (χ3n) is 3.11. The van der Waals surface area contributed by atoms with E-state index >= 15 is 0 Å². The summed E-state index contributed by atoms with van der Waals surface area (Å²) < 4.78 is 10.1. The van der Waals surface area contributed by atoms with Crippen LogP contribution in [0.4, 0.5) is 0 Å². The van der Waals surface area contributed by atoms with Gasteiger partial charge in [-0.25, -0.2) is 0 Å². The van der Waals surface area contributed by atoms with Gasteiger partial charge in [-0.15, -0.1) is 0 Å². The summed E-state index contributed by atoms with van der Waals surface area (Å²) in [5.74, 6) is 0.802. The summed E-state index contributed by atoms with van der Waals surface area (Å²) >= 11 is 0. The lowest BCUT2D eigenvalue weighted by Gasteiger charge is -2.28. The van der Waals surface area contributed by atoms with Gasteiger partial charge in [0.25, 0.3) is 0 Å². The smallest absolute Gasteiger partial charge is 0.227 e. The van der Waals surface area contributed by atoms with Gasteiger partial charge in [-0.1, -0.05) is 5.16 Å². The van der Waals surface area contributed by atoms with Crippen LogP contribution in [0.2, 0.25) is 0 Å². The number of likely N-dealkylation sites (N-methyl/N-ethyl adjacent to an activating group) is 1. The quantitative estimate of drug-likeness (QED) is 0.839. The molecule has 0 aromatic carbocycles.